The van der Waals surface area contributed by atoms with Gasteiger partial charge in [0, 0.05) is 23.3 Å². The molecular weight excluding hydrogens is 266 g/mol. The molecule has 4 heteroatoms. The van der Waals surface area contributed by atoms with Crippen LogP contribution in [0.2, 0.25) is 0 Å². The van der Waals surface area contributed by atoms with Gasteiger partial charge in [-0.3, -0.25) is 0 Å². The monoisotopic (exact) mass is 291 g/mol. The number of aromatic carboxylic acids is 1. The zero-order valence-electron chi connectivity index (χ0n) is 13.7. The van der Waals surface area contributed by atoms with Gasteiger partial charge in [0.15, 0.2) is 0 Å². The van der Waals surface area contributed by atoms with Crippen LogP contribution in [0.25, 0.3) is 0 Å². The van der Waals surface area contributed by atoms with Crippen LogP contribution < -0.4 is 9.64 Å². The standard InChI is InChI=1S/C17H25NO3/c1-10(2)18-14-8-15(21-6)13(16(19)20)7-12(14)11(3)9-17(18,4)5/h7-8,10-11H,9H2,1-6H3,(H,19,20)/t11-/m0/s1. The van der Waals surface area contributed by atoms with E-state index in [1.165, 1.54) is 7.11 Å². The van der Waals surface area contributed by atoms with E-state index in [0.29, 0.717) is 17.7 Å². The van der Waals surface area contributed by atoms with Gasteiger partial charge < -0.3 is 14.7 Å². The molecule has 0 bridgehead atoms. The van der Waals surface area contributed by atoms with E-state index < -0.39 is 5.97 Å². The maximum absolute atomic E-state index is 11.4. The number of carbonyl (C=O) groups is 1. The SMILES string of the molecule is COc1cc2c(cc1C(=O)O)[C@@H](C)CC(C)(C)N2C(C)C. The third-order valence-corrected chi connectivity index (χ3v) is 4.34. The quantitative estimate of drug-likeness (QED) is 0.917. The molecule has 0 amide bonds. The van der Waals surface area contributed by atoms with Gasteiger partial charge in [0.25, 0.3) is 0 Å². The van der Waals surface area contributed by atoms with Gasteiger partial charge in [-0.2, -0.15) is 0 Å². The van der Waals surface area contributed by atoms with Crippen LogP contribution in [0.1, 0.15) is 62.9 Å². The Morgan fingerprint density at radius 3 is 2.52 bits per heavy atom. The lowest BCUT2D eigenvalue weighted by Crippen LogP contribution is -2.51. The number of ether oxygens (including phenoxy) is 1. The lowest BCUT2D eigenvalue weighted by molar-refractivity contribution is 0.0693. The van der Waals surface area contributed by atoms with E-state index in [2.05, 4.69) is 39.5 Å². The first-order valence-electron chi connectivity index (χ1n) is 7.43. The Hall–Kier alpha value is -1.71. The van der Waals surface area contributed by atoms with Gasteiger partial charge in [0.2, 0.25) is 0 Å². The van der Waals surface area contributed by atoms with Gasteiger partial charge >= 0.3 is 5.97 Å². The molecule has 0 aliphatic carbocycles. The van der Waals surface area contributed by atoms with Crippen LogP contribution in [0, 0.1) is 0 Å². The number of fused-ring (bicyclic) bond motifs is 1. The van der Waals surface area contributed by atoms with E-state index in [9.17, 15) is 9.90 Å². The van der Waals surface area contributed by atoms with E-state index in [1.807, 2.05) is 6.07 Å². The number of methoxy groups -OCH3 is 1. The average molecular weight is 291 g/mol. The van der Waals surface area contributed by atoms with Crippen LogP contribution in [0.15, 0.2) is 12.1 Å². The van der Waals surface area contributed by atoms with Crippen LogP contribution in [0.3, 0.4) is 0 Å². The molecule has 2 rings (SSSR count). The Bertz CT molecular complexity index is 563. The van der Waals surface area contributed by atoms with Crippen LogP contribution >= 0.6 is 0 Å². The number of rotatable bonds is 3. The van der Waals surface area contributed by atoms with E-state index in [1.54, 1.807) is 6.07 Å². The second-order valence-corrected chi connectivity index (χ2v) is 6.80. The van der Waals surface area contributed by atoms with E-state index in [0.717, 1.165) is 17.7 Å². The number of hydrogen-bond acceptors (Lipinski definition) is 3. The highest BCUT2D eigenvalue weighted by Crippen LogP contribution is 2.46. The molecule has 0 spiro atoms. The first kappa shape index (κ1) is 15.7. The summed E-state index contributed by atoms with van der Waals surface area (Å²) < 4.78 is 5.30. The highest BCUT2D eigenvalue weighted by Gasteiger charge is 2.38. The molecule has 0 unspecified atom stereocenters. The molecule has 1 N–H and O–H groups in total. The van der Waals surface area contributed by atoms with Crippen LogP contribution in [0.4, 0.5) is 5.69 Å². The minimum absolute atomic E-state index is 0.0380. The highest BCUT2D eigenvalue weighted by atomic mass is 16.5. The van der Waals surface area contributed by atoms with Crippen LogP contribution in [0.5, 0.6) is 5.75 Å². The highest BCUT2D eigenvalue weighted by molar-refractivity contribution is 5.92. The van der Waals surface area contributed by atoms with E-state index in [4.69, 9.17) is 4.74 Å². The van der Waals surface area contributed by atoms with Gasteiger partial charge in [-0.05, 0) is 51.7 Å². The molecule has 4 nitrogen and oxygen atoms in total. The number of hydrogen-bond donors (Lipinski definition) is 1. The number of carboxylic acid groups (broad SMARTS) is 1. The molecule has 0 saturated heterocycles. The van der Waals surface area contributed by atoms with Crippen molar-refractivity contribution in [2.45, 2.75) is 58.5 Å². The zero-order chi connectivity index (χ0) is 15.9. The topological polar surface area (TPSA) is 49.8 Å². The summed E-state index contributed by atoms with van der Waals surface area (Å²) in [6.45, 7) is 11.0. The van der Waals surface area contributed by atoms with Crippen LogP contribution in [-0.2, 0) is 0 Å². The summed E-state index contributed by atoms with van der Waals surface area (Å²) in [7, 11) is 1.52. The van der Waals surface area contributed by atoms with Crippen molar-refractivity contribution in [2.24, 2.45) is 0 Å². The fourth-order valence-corrected chi connectivity index (χ4v) is 3.79. The summed E-state index contributed by atoms with van der Waals surface area (Å²) in [4.78, 5) is 13.8. The first-order valence-corrected chi connectivity index (χ1v) is 7.43. The third kappa shape index (κ3) is 2.59. The van der Waals surface area contributed by atoms with E-state index in [-0.39, 0.29) is 11.1 Å². The molecule has 1 atom stereocenters. The van der Waals surface area contributed by atoms with Crippen molar-refractivity contribution in [3.8, 4) is 5.75 Å². The van der Waals surface area contributed by atoms with Gasteiger partial charge in [-0.25, -0.2) is 4.79 Å². The zero-order valence-corrected chi connectivity index (χ0v) is 13.7. The predicted octanol–water partition coefficient (Wildman–Crippen LogP) is 3.89. The van der Waals surface area contributed by atoms with Crippen molar-refractivity contribution in [3.05, 3.63) is 23.3 Å². The summed E-state index contributed by atoms with van der Waals surface area (Å²) in [5.41, 5.74) is 2.47. The third-order valence-electron chi connectivity index (χ3n) is 4.34. The van der Waals surface area contributed by atoms with Gasteiger partial charge in [0.05, 0.1) is 7.11 Å². The maximum Gasteiger partial charge on any atom is 0.339 e. The van der Waals surface area contributed by atoms with Crippen molar-refractivity contribution in [1.82, 2.24) is 0 Å². The summed E-state index contributed by atoms with van der Waals surface area (Å²) >= 11 is 0. The summed E-state index contributed by atoms with van der Waals surface area (Å²) in [5, 5.41) is 9.37. The van der Waals surface area contributed by atoms with Gasteiger partial charge in [-0.15, -0.1) is 0 Å². The molecule has 0 aromatic heterocycles. The Balaban J connectivity index is 2.69. The molecule has 0 radical (unpaired) electrons. The molecule has 1 aliphatic heterocycles. The molecule has 0 saturated carbocycles. The minimum Gasteiger partial charge on any atom is -0.496 e. The molecule has 1 aromatic rings. The van der Waals surface area contributed by atoms with Gasteiger partial charge in [-0.1, -0.05) is 6.92 Å². The number of carboxylic acids is 1. The first-order chi connectivity index (χ1) is 9.69. The summed E-state index contributed by atoms with van der Waals surface area (Å²) in [6.07, 6.45) is 1.00. The fraction of sp³-hybridized carbons (Fsp3) is 0.588. The minimum atomic E-state index is -0.942. The second-order valence-electron chi connectivity index (χ2n) is 6.80. The molecule has 116 valence electrons. The number of nitrogens with zero attached hydrogens (tertiary/aromatic N) is 1. The number of benzene rings is 1. The van der Waals surface area contributed by atoms with Gasteiger partial charge in [0.1, 0.15) is 11.3 Å². The molecule has 1 aliphatic rings. The van der Waals surface area contributed by atoms with Crippen molar-refractivity contribution in [3.63, 3.8) is 0 Å². The van der Waals surface area contributed by atoms with Crippen molar-refractivity contribution in [2.75, 3.05) is 12.0 Å². The second kappa shape index (κ2) is 5.24. The number of anilines is 1. The van der Waals surface area contributed by atoms with Crippen molar-refractivity contribution >= 4 is 11.7 Å². The lowest BCUT2D eigenvalue weighted by Gasteiger charge is -2.50. The normalized spacial score (nSPS) is 20.3. The van der Waals surface area contributed by atoms with E-state index >= 15 is 0 Å². The van der Waals surface area contributed by atoms with Crippen molar-refractivity contribution in [1.29, 1.82) is 0 Å². The summed E-state index contributed by atoms with van der Waals surface area (Å²) in [6, 6.07) is 4.01. The van der Waals surface area contributed by atoms with Crippen molar-refractivity contribution < 1.29 is 14.6 Å². The molecular formula is C17H25NO3. The van der Waals surface area contributed by atoms with Crippen LogP contribution in [-0.4, -0.2) is 29.8 Å². The summed E-state index contributed by atoms with van der Waals surface area (Å²) in [5.74, 6) is -0.186. The molecule has 21 heavy (non-hydrogen) atoms. The molecule has 0 fully saturated rings. The fourth-order valence-electron chi connectivity index (χ4n) is 3.79. The smallest absolute Gasteiger partial charge is 0.339 e. The Kier molecular flexibility index (Phi) is 3.91. The Morgan fingerprint density at radius 2 is 2.05 bits per heavy atom. The predicted molar refractivity (Wildman–Crippen MR) is 84.7 cm³/mol. The largest absolute Gasteiger partial charge is 0.496 e. The lowest BCUT2D eigenvalue weighted by atomic mass is 9.78. The molecule has 1 aromatic carbocycles. The Morgan fingerprint density at radius 1 is 1.43 bits per heavy atom. The Labute approximate surface area is 126 Å². The average Bonchev–Trinajstić information content (AvgIpc) is 2.35. The maximum atomic E-state index is 11.4. The molecule has 1 heterocycles.